The van der Waals surface area contributed by atoms with Crippen molar-refractivity contribution in [3.8, 4) is 11.4 Å². The van der Waals surface area contributed by atoms with E-state index in [4.69, 9.17) is 4.74 Å². The molecular weight excluding hydrogens is 325 g/mol. The van der Waals surface area contributed by atoms with Gasteiger partial charge in [0.2, 0.25) is 0 Å². The average molecular weight is 340 g/mol. The smallest absolute Gasteiger partial charge is 0.368 e. The van der Waals surface area contributed by atoms with Crippen molar-refractivity contribution in [3.63, 3.8) is 0 Å². The molecular formula is C15H15F3N4O2. The first kappa shape index (κ1) is 16.4. The molecule has 9 heteroatoms. The fourth-order valence-electron chi connectivity index (χ4n) is 2.47. The summed E-state index contributed by atoms with van der Waals surface area (Å²) in [5.74, 6) is 0.155. The number of aryl methyl sites for hydroxylation is 1. The third-order valence-electron chi connectivity index (χ3n) is 3.61. The summed E-state index contributed by atoms with van der Waals surface area (Å²) in [5, 5.41) is 8.93. The molecule has 1 amide bonds. The lowest BCUT2D eigenvalue weighted by atomic mass is 10.1. The number of nitrogens with one attached hydrogen (secondary N) is 2. The van der Waals surface area contributed by atoms with Gasteiger partial charge in [0.15, 0.2) is 5.82 Å². The van der Waals surface area contributed by atoms with Crippen molar-refractivity contribution in [2.24, 2.45) is 0 Å². The van der Waals surface area contributed by atoms with Crippen LogP contribution < -0.4 is 5.32 Å². The fraction of sp³-hybridized carbons (Fsp3) is 0.400. The molecule has 1 aliphatic heterocycles. The second-order valence-electron chi connectivity index (χ2n) is 5.53. The van der Waals surface area contributed by atoms with Crippen LogP contribution in [0.3, 0.4) is 0 Å². The van der Waals surface area contributed by atoms with Crippen LogP contribution in [0.5, 0.6) is 0 Å². The van der Waals surface area contributed by atoms with E-state index in [1.54, 1.807) is 6.92 Å². The number of ether oxygens (including phenoxy) is 1. The number of hydrogen-bond donors (Lipinski definition) is 2. The largest absolute Gasteiger partial charge is 0.416 e. The minimum Gasteiger partial charge on any atom is -0.368 e. The van der Waals surface area contributed by atoms with E-state index in [0.29, 0.717) is 18.9 Å². The van der Waals surface area contributed by atoms with Crippen LogP contribution in [0, 0.1) is 6.92 Å². The number of benzene rings is 1. The number of carbonyl (C=O) groups excluding carboxylic acids is 1. The molecule has 128 valence electrons. The number of aromatic amines is 1. The molecule has 1 aromatic carbocycles. The van der Waals surface area contributed by atoms with Crippen LogP contribution in [-0.2, 0) is 15.7 Å². The Hall–Kier alpha value is -2.42. The van der Waals surface area contributed by atoms with E-state index in [-0.39, 0.29) is 17.1 Å². The van der Waals surface area contributed by atoms with E-state index in [1.165, 1.54) is 6.07 Å². The number of aromatic nitrogens is 3. The third kappa shape index (κ3) is 3.56. The molecule has 1 atom stereocenters. The number of halogens is 3. The fourth-order valence-corrected chi connectivity index (χ4v) is 2.47. The zero-order valence-corrected chi connectivity index (χ0v) is 12.8. The first-order chi connectivity index (χ1) is 11.3. The zero-order chi connectivity index (χ0) is 17.3. The molecule has 0 spiro atoms. The summed E-state index contributed by atoms with van der Waals surface area (Å²) in [4.78, 5) is 16.1. The highest BCUT2D eigenvalue weighted by atomic mass is 19.4. The predicted molar refractivity (Wildman–Crippen MR) is 79.2 cm³/mol. The highest BCUT2D eigenvalue weighted by Gasteiger charge is 2.32. The molecule has 3 rings (SSSR count). The van der Waals surface area contributed by atoms with Crippen LogP contribution >= 0.6 is 0 Å². The number of amides is 1. The van der Waals surface area contributed by atoms with Gasteiger partial charge < -0.3 is 10.1 Å². The second kappa shape index (κ2) is 6.23. The molecule has 2 heterocycles. The van der Waals surface area contributed by atoms with Crippen molar-refractivity contribution in [2.75, 3.05) is 11.9 Å². The summed E-state index contributed by atoms with van der Waals surface area (Å²) in [5.41, 5.74) is -0.690. The molecule has 0 bridgehead atoms. The summed E-state index contributed by atoms with van der Waals surface area (Å²) in [6, 6.07) is 3.24. The topological polar surface area (TPSA) is 79.9 Å². The molecule has 2 N–H and O–H groups in total. The van der Waals surface area contributed by atoms with Gasteiger partial charge in [-0.2, -0.15) is 18.3 Å². The minimum absolute atomic E-state index is 0.0304. The number of anilines is 1. The highest BCUT2D eigenvalue weighted by molar-refractivity contribution is 5.95. The summed E-state index contributed by atoms with van der Waals surface area (Å²) in [7, 11) is 0. The van der Waals surface area contributed by atoms with Crippen LogP contribution in [0.25, 0.3) is 11.4 Å². The van der Waals surface area contributed by atoms with E-state index < -0.39 is 23.8 Å². The maximum atomic E-state index is 13.1. The first-order valence-corrected chi connectivity index (χ1v) is 7.37. The van der Waals surface area contributed by atoms with Gasteiger partial charge >= 0.3 is 6.18 Å². The summed E-state index contributed by atoms with van der Waals surface area (Å²) < 4.78 is 44.6. The normalized spacial score (nSPS) is 17.9. The van der Waals surface area contributed by atoms with Crippen molar-refractivity contribution >= 4 is 11.6 Å². The molecule has 0 radical (unpaired) electrons. The van der Waals surface area contributed by atoms with Gasteiger partial charge in [-0.15, -0.1) is 0 Å². The van der Waals surface area contributed by atoms with Crippen molar-refractivity contribution in [3.05, 3.63) is 29.6 Å². The number of rotatable bonds is 3. The minimum atomic E-state index is -4.55. The maximum absolute atomic E-state index is 13.1. The highest BCUT2D eigenvalue weighted by Crippen LogP contribution is 2.34. The Kier molecular flexibility index (Phi) is 4.27. The third-order valence-corrected chi connectivity index (χ3v) is 3.61. The first-order valence-electron chi connectivity index (χ1n) is 7.37. The molecule has 6 nitrogen and oxygen atoms in total. The molecule has 24 heavy (non-hydrogen) atoms. The van der Waals surface area contributed by atoms with Gasteiger partial charge in [0.05, 0.1) is 5.56 Å². The maximum Gasteiger partial charge on any atom is 0.416 e. The van der Waals surface area contributed by atoms with Crippen molar-refractivity contribution in [1.82, 2.24) is 15.2 Å². The SMILES string of the molecule is Cc1nc(-c2cc(NC(=O)C3CCCO3)cc(C(F)(F)F)c2)n[nH]1. The van der Waals surface area contributed by atoms with Gasteiger partial charge in [0.25, 0.3) is 5.91 Å². The van der Waals surface area contributed by atoms with Crippen LogP contribution in [-0.4, -0.2) is 33.8 Å². The van der Waals surface area contributed by atoms with Gasteiger partial charge in [-0.05, 0) is 38.0 Å². The Balaban J connectivity index is 1.94. The summed E-state index contributed by atoms with van der Waals surface area (Å²) in [6.07, 6.45) is -3.88. The molecule has 0 saturated carbocycles. The van der Waals surface area contributed by atoms with Crippen LogP contribution in [0.2, 0.25) is 0 Å². The molecule has 0 aliphatic carbocycles. The molecule has 1 unspecified atom stereocenters. The van der Waals surface area contributed by atoms with E-state index in [9.17, 15) is 18.0 Å². The van der Waals surface area contributed by atoms with E-state index in [2.05, 4.69) is 20.5 Å². The molecule has 1 fully saturated rings. The standard InChI is InChI=1S/C15H15F3N4O2/c1-8-19-13(22-21-8)9-5-10(15(16,17)18)7-11(6-9)20-14(23)12-3-2-4-24-12/h5-7,12H,2-4H2,1H3,(H,20,23)(H,19,21,22). The number of alkyl halides is 3. The van der Waals surface area contributed by atoms with Crippen LogP contribution in [0.1, 0.15) is 24.2 Å². The molecule has 2 aromatic rings. The quantitative estimate of drug-likeness (QED) is 0.900. The van der Waals surface area contributed by atoms with Gasteiger partial charge in [-0.3, -0.25) is 9.89 Å². The molecule has 1 aliphatic rings. The Morgan fingerprint density at radius 2 is 2.17 bits per heavy atom. The summed E-state index contributed by atoms with van der Waals surface area (Å²) in [6.45, 7) is 2.12. The van der Waals surface area contributed by atoms with Crippen molar-refractivity contribution < 1.29 is 22.7 Å². The monoisotopic (exact) mass is 340 g/mol. The van der Waals surface area contributed by atoms with Gasteiger partial charge in [-0.25, -0.2) is 4.98 Å². The summed E-state index contributed by atoms with van der Waals surface area (Å²) >= 11 is 0. The lowest BCUT2D eigenvalue weighted by molar-refractivity contribution is -0.137. The van der Waals surface area contributed by atoms with Gasteiger partial charge in [0.1, 0.15) is 11.9 Å². The van der Waals surface area contributed by atoms with Crippen molar-refractivity contribution in [2.45, 2.75) is 32.0 Å². The number of nitrogens with zero attached hydrogens (tertiary/aromatic N) is 2. The molecule has 1 saturated heterocycles. The van der Waals surface area contributed by atoms with E-state index in [1.807, 2.05) is 0 Å². The predicted octanol–water partition coefficient (Wildman–Crippen LogP) is 2.92. The Labute approximate surface area is 135 Å². The van der Waals surface area contributed by atoms with E-state index >= 15 is 0 Å². The van der Waals surface area contributed by atoms with Gasteiger partial charge in [-0.1, -0.05) is 0 Å². The number of carbonyl (C=O) groups is 1. The Morgan fingerprint density at radius 3 is 2.75 bits per heavy atom. The van der Waals surface area contributed by atoms with Crippen molar-refractivity contribution in [1.29, 1.82) is 0 Å². The second-order valence-corrected chi connectivity index (χ2v) is 5.53. The zero-order valence-electron chi connectivity index (χ0n) is 12.8. The average Bonchev–Trinajstić information content (AvgIpc) is 3.17. The Bertz CT molecular complexity index is 751. The Morgan fingerprint density at radius 1 is 1.38 bits per heavy atom. The van der Waals surface area contributed by atoms with E-state index in [0.717, 1.165) is 18.6 Å². The van der Waals surface area contributed by atoms with Crippen LogP contribution in [0.15, 0.2) is 18.2 Å². The molecule has 1 aromatic heterocycles. The van der Waals surface area contributed by atoms with Crippen LogP contribution in [0.4, 0.5) is 18.9 Å². The number of H-pyrrole nitrogens is 1. The lowest BCUT2D eigenvalue weighted by Gasteiger charge is -2.14. The van der Waals surface area contributed by atoms with Gasteiger partial charge in [0, 0.05) is 17.9 Å². The lowest BCUT2D eigenvalue weighted by Crippen LogP contribution is -2.27. The number of hydrogen-bond acceptors (Lipinski definition) is 4.